The van der Waals surface area contributed by atoms with E-state index in [2.05, 4.69) is 37.9 Å². The molecule has 2 heterocycles. The molecular weight excluding hydrogens is 328 g/mol. The smallest absolute Gasteiger partial charge is 0.184 e. The summed E-state index contributed by atoms with van der Waals surface area (Å²) >= 11 is 5.57. The van der Waals surface area contributed by atoms with Crippen LogP contribution in [0.3, 0.4) is 0 Å². The summed E-state index contributed by atoms with van der Waals surface area (Å²) in [5.41, 5.74) is 3.84. The topological polar surface area (TPSA) is 49.4 Å². The van der Waals surface area contributed by atoms with E-state index in [1.807, 2.05) is 12.1 Å². The van der Waals surface area contributed by atoms with Crippen molar-refractivity contribution in [3.8, 4) is 5.82 Å². The lowest BCUT2D eigenvalue weighted by Gasteiger charge is -2.56. The van der Waals surface area contributed by atoms with Crippen LogP contribution in [0.2, 0.25) is 0 Å². The average Bonchev–Trinajstić information content (AvgIpc) is 3.17. The van der Waals surface area contributed by atoms with Crippen LogP contribution in [-0.2, 0) is 5.41 Å². The Morgan fingerprint density at radius 1 is 1.04 bits per heavy atom. The van der Waals surface area contributed by atoms with Crippen LogP contribution in [0.4, 0.5) is 0 Å². The summed E-state index contributed by atoms with van der Waals surface area (Å²) in [6.07, 6.45) is 8.44. The molecule has 3 aromatic rings. The fraction of sp³-hybridized carbons (Fsp3) is 0.500. The Hall–Kier alpha value is -1.88. The standard InChI is InChI=1S/C20H22N4S/c25-19-21-15-3-1-2-4-16(15)24(19)18-8-17(22-23-18)20-9-12-5-13(10-20)7-14(6-12)11-20/h1-4,8,12-14H,5-7,9-11H2,(H,21,25)(H,22,23). The Morgan fingerprint density at radius 2 is 1.72 bits per heavy atom. The summed E-state index contributed by atoms with van der Waals surface area (Å²) in [6, 6.07) is 10.5. The number of aromatic amines is 2. The van der Waals surface area contributed by atoms with Gasteiger partial charge in [-0.05, 0) is 80.6 Å². The van der Waals surface area contributed by atoms with E-state index in [-0.39, 0.29) is 0 Å². The van der Waals surface area contributed by atoms with Crippen molar-refractivity contribution < 1.29 is 0 Å². The van der Waals surface area contributed by atoms with Crippen molar-refractivity contribution in [2.45, 2.75) is 43.9 Å². The number of hydrogen-bond acceptors (Lipinski definition) is 2. The molecular formula is C20H22N4S. The molecule has 2 N–H and O–H groups in total. The molecule has 0 aliphatic heterocycles. The van der Waals surface area contributed by atoms with Crippen LogP contribution in [0, 0.1) is 22.5 Å². The highest BCUT2D eigenvalue weighted by Gasteiger charge is 2.52. The predicted octanol–water partition coefficient (Wildman–Crippen LogP) is 4.88. The zero-order valence-electron chi connectivity index (χ0n) is 14.2. The molecule has 0 spiro atoms. The fourth-order valence-electron chi connectivity index (χ4n) is 6.42. The highest BCUT2D eigenvalue weighted by Crippen LogP contribution is 2.60. The molecule has 0 atom stereocenters. The Bertz CT molecular complexity index is 988. The second kappa shape index (κ2) is 4.85. The lowest BCUT2D eigenvalue weighted by atomic mass is 9.49. The summed E-state index contributed by atoms with van der Waals surface area (Å²) < 4.78 is 2.77. The molecule has 4 nitrogen and oxygen atoms in total. The van der Waals surface area contributed by atoms with Crippen LogP contribution in [0.25, 0.3) is 16.9 Å². The molecule has 25 heavy (non-hydrogen) atoms. The number of nitrogens with one attached hydrogen (secondary N) is 2. The minimum atomic E-state index is 0.342. The molecule has 0 amide bonds. The number of fused-ring (bicyclic) bond motifs is 1. The maximum atomic E-state index is 5.57. The number of nitrogens with zero attached hydrogens (tertiary/aromatic N) is 2. The first kappa shape index (κ1) is 14.3. The van der Waals surface area contributed by atoms with E-state index in [1.54, 1.807) is 0 Å². The minimum Gasteiger partial charge on any atom is -0.330 e. The Balaban J connectivity index is 1.46. The molecule has 0 saturated heterocycles. The number of rotatable bonds is 2. The first-order valence-corrected chi connectivity index (χ1v) is 9.87. The van der Waals surface area contributed by atoms with Gasteiger partial charge in [-0.1, -0.05) is 12.1 Å². The molecule has 2 aromatic heterocycles. The Morgan fingerprint density at radius 3 is 2.44 bits per heavy atom. The summed E-state index contributed by atoms with van der Waals surface area (Å²) in [5, 5.41) is 8.09. The van der Waals surface area contributed by atoms with Crippen LogP contribution in [0.5, 0.6) is 0 Å². The first-order chi connectivity index (χ1) is 12.2. The largest absolute Gasteiger partial charge is 0.330 e. The normalized spacial score (nSPS) is 33.4. The van der Waals surface area contributed by atoms with Gasteiger partial charge in [0.15, 0.2) is 10.6 Å². The molecule has 4 aliphatic carbocycles. The molecule has 5 heteroatoms. The SMILES string of the molecule is S=c1[nH]c2ccccc2n1-c1cc(C23CC4CC(CC(C4)C2)C3)[nH]n1. The van der Waals surface area contributed by atoms with Crippen LogP contribution in [0.1, 0.15) is 44.2 Å². The predicted molar refractivity (Wildman–Crippen MR) is 100 cm³/mol. The minimum absolute atomic E-state index is 0.342. The monoisotopic (exact) mass is 350 g/mol. The van der Waals surface area contributed by atoms with E-state index in [9.17, 15) is 0 Å². The molecule has 7 rings (SSSR count). The van der Waals surface area contributed by atoms with Gasteiger partial charge in [-0.3, -0.25) is 9.67 Å². The Kier molecular flexibility index (Phi) is 2.77. The van der Waals surface area contributed by atoms with Crippen molar-refractivity contribution in [3.63, 3.8) is 0 Å². The van der Waals surface area contributed by atoms with Crippen molar-refractivity contribution in [2.75, 3.05) is 0 Å². The van der Waals surface area contributed by atoms with Crippen molar-refractivity contribution >= 4 is 23.3 Å². The number of imidazole rings is 1. The highest BCUT2D eigenvalue weighted by molar-refractivity contribution is 7.71. The molecule has 4 aliphatic rings. The molecule has 4 fully saturated rings. The molecule has 4 saturated carbocycles. The lowest BCUT2D eigenvalue weighted by Crippen LogP contribution is -2.48. The van der Waals surface area contributed by atoms with E-state index in [4.69, 9.17) is 12.2 Å². The van der Waals surface area contributed by atoms with E-state index in [1.165, 1.54) is 44.2 Å². The van der Waals surface area contributed by atoms with Crippen LogP contribution >= 0.6 is 12.2 Å². The molecule has 128 valence electrons. The number of benzene rings is 1. The van der Waals surface area contributed by atoms with Crippen LogP contribution < -0.4 is 0 Å². The third-order valence-corrected chi connectivity index (χ3v) is 7.28. The van der Waals surface area contributed by atoms with Gasteiger partial charge in [0, 0.05) is 17.2 Å². The molecule has 0 unspecified atom stereocenters. The number of para-hydroxylation sites is 2. The second-order valence-corrected chi connectivity index (χ2v) is 9.01. The Labute approximate surface area is 151 Å². The van der Waals surface area contributed by atoms with Crippen LogP contribution in [-0.4, -0.2) is 19.7 Å². The summed E-state index contributed by atoms with van der Waals surface area (Å²) in [6.45, 7) is 0. The van der Waals surface area contributed by atoms with Gasteiger partial charge in [-0.15, -0.1) is 0 Å². The van der Waals surface area contributed by atoms with Gasteiger partial charge >= 0.3 is 0 Å². The quantitative estimate of drug-likeness (QED) is 0.647. The summed E-state index contributed by atoms with van der Waals surface area (Å²) in [4.78, 5) is 3.29. The van der Waals surface area contributed by atoms with E-state index in [0.717, 1.165) is 34.6 Å². The summed E-state index contributed by atoms with van der Waals surface area (Å²) in [5.74, 6) is 3.74. The number of aromatic nitrogens is 4. The molecule has 1 aromatic carbocycles. The van der Waals surface area contributed by atoms with Crippen molar-refractivity contribution in [2.24, 2.45) is 17.8 Å². The molecule has 0 radical (unpaired) electrons. The molecule has 4 bridgehead atoms. The number of H-pyrrole nitrogens is 2. The number of hydrogen-bond donors (Lipinski definition) is 2. The fourth-order valence-corrected chi connectivity index (χ4v) is 6.72. The third kappa shape index (κ3) is 1.99. The second-order valence-electron chi connectivity index (χ2n) is 8.62. The maximum Gasteiger partial charge on any atom is 0.184 e. The van der Waals surface area contributed by atoms with Crippen LogP contribution in [0.15, 0.2) is 30.3 Å². The van der Waals surface area contributed by atoms with E-state index in [0.29, 0.717) is 10.2 Å². The summed E-state index contributed by atoms with van der Waals surface area (Å²) in [7, 11) is 0. The van der Waals surface area contributed by atoms with Crippen molar-refractivity contribution in [3.05, 3.63) is 40.8 Å². The van der Waals surface area contributed by atoms with Gasteiger partial charge in [-0.2, -0.15) is 5.10 Å². The highest BCUT2D eigenvalue weighted by atomic mass is 32.1. The van der Waals surface area contributed by atoms with Gasteiger partial charge in [-0.25, -0.2) is 0 Å². The van der Waals surface area contributed by atoms with Gasteiger partial charge in [0.1, 0.15) is 0 Å². The van der Waals surface area contributed by atoms with Gasteiger partial charge in [0.2, 0.25) is 0 Å². The van der Waals surface area contributed by atoms with Crippen molar-refractivity contribution in [1.29, 1.82) is 0 Å². The van der Waals surface area contributed by atoms with Gasteiger partial charge in [0.25, 0.3) is 0 Å². The van der Waals surface area contributed by atoms with E-state index < -0.39 is 0 Å². The van der Waals surface area contributed by atoms with Gasteiger partial charge in [0.05, 0.1) is 11.0 Å². The first-order valence-electron chi connectivity index (χ1n) is 9.46. The van der Waals surface area contributed by atoms with Gasteiger partial charge < -0.3 is 4.98 Å². The van der Waals surface area contributed by atoms with Crippen molar-refractivity contribution in [1.82, 2.24) is 19.7 Å². The zero-order valence-corrected chi connectivity index (χ0v) is 15.0. The van der Waals surface area contributed by atoms with E-state index >= 15 is 0 Å². The lowest BCUT2D eigenvalue weighted by molar-refractivity contribution is -0.00721. The maximum absolute atomic E-state index is 5.57. The third-order valence-electron chi connectivity index (χ3n) is 6.99. The zero-order chi connectivity index (χ0) is 16.6. The average molecular weight is 350 g/mol.